The van der Waals surface area contributed by atoms with Crippen molar-refractivity contribution in [3.8, 4) is 0 Å². The van der Waals surface area contributed by atoms with Crippen molar-refractivity contribution in [2.75, 3.05) is 19.6 Å². The maximum Gasteiger partial charge on any atom is 0.308 e. The molecule has 1 aliphatic heterocycles. The number of carbonyl (C=O) groups excluding carboxylic acids is 2. The molecule has 6 nitrogen and oxygen atoms in total. The molecule has 2 rings (SSSR count). The van der Waals surface area contributed by atoms with Crippen LogP contribution in [0.15, 0.2) is 30.3 Å². The van der Waals surface area contributed by atoms with Gasteiger partial charge < -0.3 is 15.3 Å². The van der Waals surface area contributed by atoms with Crippen molar-refractivity contribution in [3.63, 3.8) is 0 Å². The van der Waals surface area contributed by atoms with Gasteiger partial charge in [0.05, 0.1) is 18.9 Å². The molecular formula is C16H20N2O4. The summed E-state index contributed by atoms with van der Waals surface area (Å²) in [6.45, 7) is 2.36. The molecule has 0 saturated carbocycles. The van der Waals surface area contributed by atoms with E-state index in [2.05, 4.69) is 5.32 Å². The molecule has 1 aliphatic rings. The van der Waals surface area contributed by atoms with Crippen LogP contribution in [0.4, 0.5) is 0 Å². The van der Waals surface area contributed by atoms with Crippen molar-refractivity contribution in [2.24, 2.45) is 11.8 Å². The molecular weight excluding hydrogens is 284 g/mol. The zero-order chi connectivity index (χ0) is 16.1. The molecule has 1 saturated heterocycles. The van der Waals surface area contributed by atoms with E-state index >= 15 is 0 Å². The second-order valence-electron chi connectivity index (χ2n) is 5.66. The molecule has 22 heavy (non-hydrogen) atoms. The van der Waals surface area contributed by atoms with Crippen LogP contribution in [-0.4, -0.2) is 47.4 Å². The molecule has 0 aromatic heterocycles. The first-order valence-electron chi connectivity index (χ1n) is 7.28. The van der Waals surface area contributed by atoms with Gasteiger partial charge in [0.25, 0.3) is 0 Å². The Kier molecular flexibility index (Phi) is 5.14. The van der Waals surface area contributed by atoms with Crippen LogP contribution in [0.25, 0.3) is 0 Å². The third kappa shape index (κ3) is 4.07. The quantitative estimate of drug-likeness (QED) is 0.830. The second kappa shape index (κ2) is 7.06. The minimum atomic E-state index is -0.879. The number of nitrogens with zero attached hydrogens (tertiary/aromatic N) is 1. The lowest BCUT2D eigenvalue weighted by Crippen LogP contribution is -2.40. The number of carboxylic acids is 1. The summed E-state index contributed by atoms with van der Waals surface area (Å²) in [4.78, 5) is 36.4. The number of carbonyl (C=O) groups is 3. The van der Waals surface area contributed by atoms with E-state index < -0.39 is 11.9 Å². The van der Waals surface area contributed by atoms with Gasteiger partial charge >= 0.3 is 5.97 Å². The van der Waals surface area contributed by atoms with Crippen LogP contribution in [0.3, 0.4) is 0 Å². The highest BCUT2D eigenvalue weighted by Crippen LogP contribution is 2.22. The fourth-order valence-corrected chi connectivity index (χ4v) is 2.62. The lowest BCUT2D eigenvalue weighted by atomic mass is 9.99. The van der Waals surface area contributed by atoms with Gasteiger partial charge in [-0.3, -0.25) is 14.4 Å². The topological polar surface area (TPSA) is 86.7 Å². The second-order valence-corrected chi connectivity index (χ2v) is 5.66. The summed E-state index contributed by atoms with van der Waals surface area (Å²) < 4.78 is 0. The van der Waals surface area contributed by atoms with E-state index in [1.54, 1.807) is 0 Å². The number of carboxylic acid groups (broad SMARTS) is 1. The van der Waals surface area contributed by atoms with Crippen LogP contribution < -0.4 is 5.32 Å². The number of hydrogen-bond acceptors (Lipinski definition) is 3. The summed E-state index contributed by atoms with van der Waals surface area (Å²) in [5.74, 6) is -1.93. The van der Waals surface area contributed by atoms with Crippen molar-refractivity contribution >= 4 is 17.8 Å². The van der Waals surface area contributed by atoms with E-state index in [0.717, 1.165) is 5.56 Å². The predicted molar refractivity (Wildman–Crippen MR) is 80.0 cm³/mol. The summed E-state index contributed by atoms with van der Waals surface area (Å²) >= 11 is 0. The summed E-state index contributed by atoms with van der Waals surface area (Å²) in [5.41, 5.74) is 0.883. The van der Waals surface area contributed by atoms with E-state index in [1.165, 1.54) is 4.90 Å². The largest absolute Gasteiger partial charge is 0.481 e. The number of nitrogens with one attached hydrogen (secondary N) is 1. The molecule has 0 aliphatic carbocycles. The zero-order valence-electron chi connectivity index (χ0n) is 12.5. The molecule has 118 valence electrons. The predicted octanol–water partition coefficient (Wildman–Crippen LogP) is 0.524. The van der Waals surface area contributed by atoms with E-state index in [9.17, 15) is 14.4 Å². The molecule has 1 heterocycles. The maximum atomic E-state index is 12.0. The Morgan fingerprint density at radius 2 is 1.91 bits per heavy atom. The minimum absolute atomic E-state index is 0.0681. The van der Waals surface area contributed by atoms with E-state index in [0.29, 0.717) is 6.54 Å². The monoisotopic (exact) mass is 304 g/mol. The Hall–Kier alpha value is -2.37. The third-order valence-corrected chi connectivity index (χ3v) is 3.93. The van der Waals surface area contributed by atoms with Crippen molar-refractivity contribution in [1.29, 1.82) is 0 Å². The molecule has 2 N–H and O–H groups in total. The van der Waals surface area contributed by atoms with Gasteiger partial charge in [-0.05, 0) is 11.5 Å². The Morgan fingerprint density at radius 1 is 1.23 bits per heavy atom. The zero-order valence-corrected chi connectivity index (χ0v) is 12.5. The Bertz CT molecular complexity index is 559. The normalized spacial score (nSPS) is 20.7. The number of aliphatic carboxylic acids is 1. The molecule has 0 radical (unpaired) electrons. The van der Waals surface area contributed by atoms with Crippen molar-refractivity contribution in [1.82, 2.24) is 10.2 Å². The highest BCUT2D eigenvalue weighted by atomic mass is 16.4. The molecule has 6 heteroatoms. The van der Waals surface area contributed by atoms with Crippen LogP contribution in [0.2, 0.25) is 0 Å². The molecule has 0 unspecified atom stereocenters. The Morgan fingerprint density at radius 3 is 2.50 bits per heavy atom. The highest BCUT2D eigenvalue weighted by Gasteiger charge is 2.36. The fraction of sp³-hybridized carbons (Fsp3) is 0.438. The molecule has 1 aromatic carbocycles. The number of hydrogen-bond donors (Lipinski definition) is 2. The Balaban J connectivity index is 1.78. The summed E-state index contributed by atoms with van der Waals surface area (Å²) in [5, 5.41) is 11.6. The van der Waals surface area contributed by atoms with E-state index in [-0.39, 0.29) is 37.2 Å². The average molecular weight is 304 g/mol. The van der Waals surface area contributed by atoms with Crippen LogP contribution >= 0.6 is 0 Å². The van der Waals surface area contributed by atoms with Gasteiger partial charge in [-0.1, -0.05) is 37.3 Å². The summed E-state index contributed by atoms with van der Waals surface area (Å²) in [6.07, 6.45) is 0.224. The summed E-state index contributed by atoms with van der Waals surface area (Å²) in [6, 6.07) is 9.28. The maximum absolute atomic E-state index is 12.0. The van der Waals surface area contributed by atoms with Gasteiger partial charge in [0.15, 0.2) is 0 Å². The van der Waals surface area contributed by atoms with Crippen molar-refractivity contribution < 1.29 is 19.5 Å². The first-order valence-corrected chi connectivity index (χ1v) is 7.28. The van der Waals surface area contributed by atoms with E-state index in [4.69, 9.17) is 5.11 Å². The van der Waals surface area contributed by atoms with Crippen LogP contribution in [0.5, 0.6) is 0 Å². The molecule has 0 bridgehead atoms. The SMILES string of the molecule is C[C@@H]1CN(C(=O)CNC(=O)Cc2ccccc2)C[C@H]1C(=O)O. The molecule has 0 spiro atoms. The highest BCUT2D eigenvalue weighted by molar-refractivity contribution is 5.86. The fourth-order valence-electron chi connectivity index (χ4n) is 2.62. The third-order valence-electron chi connectivity index (χ3n) is 3.93. The van der Waals surface area contributed by atoms with Gasteiger partial charge in [0, 0.05) is 13.1 Å². The molecule has 2 amide bonds. The van der Waals surface area contributed by atoms with Crippen LogP contribution in [0.1, 0.15) is 12.5 Å². The number of likely N-dealkylation sites (tertiary alicyclic amines) is 1. The average Bonchev–Trinajstić information content (AvgIpc) is 2.88. The molecule has 1 fully saturated rings. The van der Waals surface area contributed by atoms with Gasteiger partial charge in [-0.2, -0.15) is 0 Å². The smallest absolute Gasteiger partial charge is 0.308 e. The van der Waals surface area contributed by atoms with Gasteiger partial charge in [-0.15, -0.1) is 0 Å². The molecule has 1 aromatic rings. The van der Waals surface area contributed by atoms with Gasteiger partial charge in [0.1, 0.15) is 0 Å². The van der Waals surface area contributed by atoms with Gasteiger partial charge in [-0.25, -0.2) is 0 Å². The van der Waals surface area contributed by atoms with E-state index in [1.807, 2.05) is 37.3 Å². The lowest BCUT2D eigenvalue weighted by molar-refractivity contribution is -0.142. The minimum Gasteiger partial charge on any atom is -0.481 e. The Labute approximate surface area is 129 Å². The van der Waals surface area contributed by atoms with Gasteiger partial charge in [0.2, 0.25) is 11.8 Å². The van der Waals surface area contributed by atoms with Crippen LogP contribution in [0, 0.1) is 11.8 Å². The summed E-state index contributed by atoms with van der Waals surface area (Å²) in [7, 11) is 0. The first-order chi connectivity index (χ1) is 10.5. The molecule has 2 atom stereocenters. The van der Waals surface area contributed by atoms with Crippen LogP contribution in [-0.2, 0) is 20.8 Å². The first kappa shape index (κ1) is 16.0. The van der Waals surface area contributed by atoms with Crippen molar-refractivity contribution in [2.45, 2.75) is 13.3 Å². The number of rotatable bonds is 5. The number of benzene rings is 1. The van der Waals surface area contributed by atoms with Crippen molar-refractivity contribution in [3.05, 3.63) is 35.9 Å². The number of amides is 2. The standard InChI is InChI=1S/C16H20N2O4/c1-11-9-18(10-13(11)16(21)22)15(20)8-17-14(19)7-12-5-3-2-4-6-12/h2-6,11,13H,7-10H2,1H3,(H,17,19)(H,21,22)/t11-,13-/m1/s1. The lowest BCUT2D eigenvalue weighted by Gasteiger charge is -2.16.